The molecule has 0 saturated carbocycles. The second-order valence-electron chi connectivity index (χ2n) is 17.8. The van der Waals surface area contributed by atoms with Crippen molar-refractivity contribution < 1.29 is 47.9 Å². The number of amides is 20. The van der Waals surface area contributed by atoms with Crippen molar-refractivity contribution in [2.45, 2.75) is 61.7 Å². The third-order valence-corrected chi connectivity index (χ3v) is 15.7. The molecule has 0 aromatic rings. The molecule has 30 heteroatoms. The van der Waals surface area contributed by atoms with Crippen molar-refractivity contribution in [3.05, 3.63) is 0 Å². The highest BCUT2D eigenvalue weighted by molar-refractivity contribution is 5.94. The van der Waals surface area contributed by atoms with Crippen molar-refractivity contribution >= 4 is 60.3 Å². The Balaban J connectivity index is 0.956. The average molecular weight is 831 g/mol. The molecule has 0 atom stereocenters. The van der Waals surface area contributed by atoms with Gasteiger partial charge in [0.2, 0.25) is 0 Å². The van der Waals surface area contributed by atoms with Crippen LogP contribution in [0.2, 0.25) is 0 Å². The molecule has 15 heterocycles. The predicted octanol–water partition coefficient (Wildman–Crippen LogP) is -4.72. The molecule has 0 bridgehead atoms. The first-order valence-electron chi connectivity index (χ1n) is 19.7. The summed E-state index contributed by atoms with van der Waals surface area (Å²) in [4.78, 5) is 176. The Bertz CT molecular complexity index is 1740. The van der Waals surface area contributed by atoms with Crippen LogP contribution in [0.5, 0.6) is 0 Å². The fraction of sp³-hybridized carbons (Fsp3) is 0.667. The summed E-state index contributed by atoms with van der Waals surface area (Å²) in [6.45, 7) is -3.73. The lowest BCUT2D eigenvalue weighted by atomic mass is 10.3. The Morgan fingerprint density at radius 2 is 0.233 bits per heavy atom. The van der Waals surface area contributed by atoms with E-state index in [0.29, 0.717) is 0 Å². The zero-order valence-electron chi connectivity index (χ0n) is 30.9. The third kappa shape index (κ3) is 2.77. The van der Waals surface area contributed by atoms with Gasteiger partial charge in [-0.3, -0.25) is 98.0 Å². The second kappa shape index (κ2) is 8.83. The van der Waals surface area contributed by atoms with Gasteiger partial charge in [0, 0.05) is 0 Å². The van der Waals surface area contributed by atoms with E-state index in [-0.39, 0.29) is 66.7 Å². The molecule has 15 aliphatic rings. The molecule has 15 rings (SSSR count). The molecule has 0 radical (unpaired) electrons. The van der Waals surface area contributed by atoms with E-state index in [1.165, 1.54) is 98.0 Å². The highest BCUT2D eigenvalue weighted by atomic mass is 16.2. The number of rotatable bonds is 0. The van der Waals surface area contributed by atoms with E-state index in [2.05, 4.69) is 0 Å². The van der Waals surface area contributed by atoms with Gasteiger partial charge in [0.05, 0.1) is 0 Å². The smallest absolute Gasteiger partial charge is 0.282 e. The molecular weight excluding hydrogens is 800 g/mol. The van der Waals surface area contributed by atoms with Gasteiger partial charge in [-0.25, -0.2) is 47.9 Å². The van der Waals surface area contributed by atoms with E-state index in [0.717, 1.165) is 0 Å². The van der Waals surface area contributed by atoms with Crippen LogP contribution in [-0.2, 0) is 0 Å². The van der Waals surface area contributed by atoms with Gasteiger partial charge in [0.25, 0.3) is 0 Å². The molecule has 310 valence electrons. The molecule has 60 heavy (non-hydrogen) atoms. The Labute approximate surface area is 334 Å². The summed E-state index contributed by atoms with van der Waals surface area (Å²) >= 11 is 0. The lowest BCUT2D eigenvalue weighted by Gasteiger charge is -2.42. The van der Waals surface area contributed by atoms with Crippen molar-refractivity contribution in [3.63, 3.8) is 0 Å². The number of carbonyl (C=O) groups excluding carboxylic acids is 10. The number of urea groups is 10. The lowest BCUT2D eigenvalue weighted by Crippen LogP contribution is -2.63. The van der Waals surface area contributed by atoms with Crippen LogP contribution in [0.1, 0.15) is 0 Å². The van der Waals surface area contributed by atoms with Crippen LogP contribution >= 0.6 is 0 Å². The molecule has 0 unspecified atom stereocenters. The van der Waals surface area contributed by atoms with Gasteiger partial charge < -0.3 is 0 Å². The lowest BCUT2D eigenvalue weighted by molar-refractivity contribution is -0.0173. The van der Waals surface area contributed by atoms with Crippen LogP contribution in [0, 0.1) is 0 Å². The molecule has 0 aliphatic carbocycles. The zero-order valence-corrected chi connectivity index (χ0v) is 30.9. The maximum absolute atomic E-state index is 14.8. The summed E-state index contributed by atoms with van der Waals surface area (Å²) in [6, 6.07) is -6.05. The zero-order chi connectivity index (χ0) is 40.2. The first kappa shape index (κ1) is 30.7. The Morgan fingerprint density at radius 3 is 0.300 bits per heavy atom. The molecule has 15 aliphatic heterocycles. The average Bonchev–Trinajstić information content (AvgIpc) is 4.06. The summed E-state index contributed by atoms with van der Waals surface area (Å²) < 4.78 is 0. The quantitative estimate of drug-likeness (QED) is 0.226. The summed E-state index contributed by atoms with van der Waals surface area (Å²) in [5, 5.41) is 0. The minimum Gasteiger partial charge on any atom is -0.282 e. The van der Waals surface area contributed by atoms with Gasteiger partial charge in [-0.05, 0) is 0 Å². The Kier molecular flexibility index (Phi) is 4.52. The summed E-state index contributed by atoms with van der Waals surface area (Å²) in [5.41, 5.74) is 0. The topological polar surface area (TPSA) is 236 Å². The molecule has 0 N–H and O–H groups in total. The van der Waals surface area contributed by atoms with Crippen molar-refractivity contribution in [1.29, 1.82) is 0 Å². The van der Waals surface area contributed by atoms with Crippen molar-refractivity contribution in [2.75, 3.05) is 66.7 Å². The van der Waals surface area contributed by atoms with Crippen LogP contribution in [-0.4, -0.2) is 287 Å². The summed E-state index contributed by atoms with van der Waals surface area (Å²) in [6.07, 6.45) is -10.8. The molecule has 15 fully saturated rings. The minimum atomic E-state index is -1.08. The van der Waals surface area contributed by atoms with Crippen LogP contribution < -0.4 is 0 Å². The largest absolute Gasteiger partial charge is 0.326 e. The second-order valence-corrected chi connectivity index (χ2v) is 17.8. The van der Waals surface area contributed by atoms with Crippen LogP contribution in [0.4, 0.5) is 47.9 Å². The summed E-state index contributed by atoms with van der Waals surface area (Å²) in [7, 11) is 0. The molecule has 15 saturated heterocycles. The van der Waals surface area contributed by atoms with Gasteiger partial charge in [-0.2, -0.15) is 0 Å². The minimum absolute atomic E-state index is 0.373. The van der Waals surface area contributed by atoms with Gasteiger partial charge >= 0.3 is 60.3 Å². The van der Waals surface area contributed by atoms with Crippen molar-refractivity contribution in [3.8, 4) is 0 Å². The van der Waals surface area contributed by atoms with Gasteiger partial charge in [-0.15, -0.1) is 0 Å². The fourth-order valence-corrected chi connectivity index (χ4v) is 13.3. The Hall–Kier alpha value is -7.30. The van der Waals surface area contributed by atoms with E-state index in [1.807, 2.05) is 0 Å². The number of hydrogen-bond donors (Lipinski definition) is 0. The van der Waals surface area contributed by atoms with Crippen LogP contribution in [0.15, 0.2) is 0 Å². The molecule has 30 nitrogen and oxygen atoms in total. The molecule has 0 spiro atoms. The highest BCUT2D eigenvalue weighted by Crippen LogP contribution is 2.50. The Morgan fingerprint density at radius 1 is 0.167 bits per heavy atom. The van der Waals surface area contributed by atoms with E-state index in [1.54, 1.807) is 0 Å². The van der Waals surface area contributed by atoms with E-state index in [4.69, 9.17) is 0 Å². The number of carbonyl (C=O) groups is 10. The summed E-state index contributed by atoms with van der Waals surface area (Å²) in [5.74, 6) is 0. The van der Waals surface area contributed by atoms with Crippen LogP contribution in [0.3, 0.4) is 0 Å². The SMILES string of the molecule is O=C1N2CN3C(=O)N4CN5C(=O)N6CN7C(=O)N8CN9C(=O)N%10CN1C1C2N2CN%11C(=O)N(CN%12C(=O)N(CN%13C(=O)N(CN%14C(=O)N(CN1C2=O)C%10C%149)[C@H]8[C@H]7%13)[C@H]6[C@H]5%12)C4C3%11. The number of hydrogen-bond acceptors (Lipinski definition) is 10. The van der Waals surface area contributed by atoms with E-state index >= 15 is 0 Å². The standard InChI is InChI=1S/C30H30N20O10/c51-21-31-1-32-12-14-36(22(32)52)4-40-16-18-44(26(40)56)8-48-20-19-47(29(48)59)7-43-17-15-39(25(43)55)3-35(21)13-11(31)33-2-34(12)24(54)38(14)6-42(16)28(58)46(18)10-50(20)30(60)49(19)9-45(17)27(57)41(15)5-37(13)23(33)53/h11-20H,1-10H2/t11-,12+,13+,14-,15?,16?,17?,18?,19?,20?. The molecule has 20 amide bonds. The maximum Gasteiger partial charge on any atom is 0.326 e. The molecule has 0 aromatic heterocycles. The van der Waals surface area contributed by atoms with Crippen molar-refractivity contribution in [2.24, 2.45) is 0 Å². The third-order valence-electron chi connectivity index (χ3n) is 15.7. The maximum atomic E-state index is 14.8. The van der Waals surface area contributed by atoms with Gasteiger partial charge in [-0.1, -0.05) is 0 Å². The van der Waals surface area contributed by atoms with E-state index in [9.17, 15) is 47.9 Å². The van der Waals surface area contributed by atoms with Gasteiger partial charge in [0.15, 0.2) is 61.7 Å². The van der Waals surface area contributed by atoms with Crippen LogP contribution in [0.25, 0.3) is 0 Å². The molecular formula is C30H30N20O10. The first-order chi connectivity index (χ1) is 28.9. The normalized spacial score (nSPS) is 40.3. The molecule has 0 aromatic carbocycles. The van der Waals surface area contributed by atoms with E-state index < -0.39 is 122 Å². The first-order valence-corrected chi connectivity index (χ1v) is 19.7. The van der Waals surface area contributed by atoms with Crippen molar-refractivity contribution in [1.82, 2.24) is 98.0 Å². The monoisotopic (exact) mass is 830 g/mol. The fourth-order valence-electron chi connectivity index (χ4n) is 13.3. The highest BCUT2D eigenvalue weighted by Gasteiger charge is 2.74. The predicted molar refractivity (Wildman–Crippen MR) is 177 cm³/mol. The van der Waals surface area contributed by atoms with Gasteiger partial charge in [0.1, 0.15) is 66.7 Å². The number of nitrogens with zero attached hydrogens (tertiary/aromatic N) is 20.